The van der Waals surface area contributed by atoms with Gasteiger partial charge in [-0.3, -0.25) is 4.79 Å². The van der Waals surface area contributed by atoms with E-state index in [4.69, 9.17) is 4.74 Å². The van der Waals surface area contributed by atoms with Crippen molar-refractivity contribution < 1.29 is 9.53 Å². The highest BCUT2D eigenvalue weighted by Gasteiger charge is 2.21. The highest BCUT2D eigenvalue weighted by atomic mass is 16.5. The maximum Gasteiger partial charge on any atom is 0.271 e. The molecule has 0 aliphatic carbocycles. The van der Waals surface area contributed by atoms with Crippen LogP contribution in [-0.2, 0) is 0 Å². The summed E-state index contributed by atoms with van der Waals surface area (Å²) in [6, 6.07) is 8.04. The fourth-order valence-corrected chi connectivity index (χ4v) is 2.92. The van der Waals surface area contributed by atoms with Gasteiger partial charge in [-0.15, -0.1) is 6.58 Å². The van der Waals surface area contributed by atoms with E-state index >= 15 is 0 Å². The molecule has 1 aliphatic heterocycles. The van der Waals surface area contributed by atoms with Gasteiger partial charge in [0, 0.05) is 32.7 Å². The van der Waals surface area contributed by atoms with Crippen LogP contribution in [0.1, 0.15) is 10.5 Å². The number of benzene rings is 1. The molecule has 7 nitrogen and oxygen atoms in total. The molecule has 3 rings (SSSR count). The Balaban J connectivity index is 1.61. The van der Waals surface area contributed by atoms with Crippen molar-refractivity contribution in [3.8, 4) is 5.75 Å². The summed E-state index contributed by atoms with van der Waals surface area (Å²) in [5.41, 5.74) is 1.42. The average Bonchev–Trinajstić information content (AvgIpc) is 2.72. The molecule has 0 unspecified atom stereocenters. The summed E-state index contributed by atoms with van der Waals surface area (Å²) in [5.74, 6) is 1.42. The summed E-state index contributed by atoms with van der Waals surface area (Å²) in [6.07, 6.45) is 4.79. The van der Waals surface area contributed by atoms with E-state index in [1.807, 2.05) is 18.2 Å². The third kappa shape index (κ3) is 3.93. The molecule has 26 heavy (non-hydrogen) atoms. The lowest BCUT2D eigenvalue weighted by Crippen LogP contribution is -2.47. The van der Waals surface area contributed by atoms with Crippen LogP contribution in [0.3, 0.4) is 0 Å². The molecule has 2 heterocycles. The summed E-state index contributed by atoms with van der Waals surface area (Å²) in [4.78, 5) is 25.0. The number of nitrogens with one attached hydrogen (secondary N) is 1. The summed E-state index contributed by atoms with van der Waals surface area (Å²) < 4.78 is 5.45. The largest absolute Gasteiger partial charge is 0.495 e. The van der Waals surface area contributed by atoms with Crippen LogP contribution in [0.5, 0.6) is 5.75 Å². The Labute approximate surface area is 153 Å². The second-order valence-corrected chi connectivity index (χ2v) is 5.90. The number of aromatic nitrogens is 2. The maximum atomic E-state index is 11.9. The second kappa shape index (κ2) is 8.33. The smallest absolute Gasteiger partial charge is 0.271 e. The Morgan fingerprint density at radius 3 is 2.58 bits per heavy atom. The van der Waals surface area contributed by atoms with Gasteiger partial charge in [-0.1, -0.05) is 18.2 Å². The Kier molecular flexibility index (Phi) is 5.68. The van der Waals surface area contributed by atoms with Gasteiger partial charge in [-0.2, -0.15) is 0 Å². The topological polar surface area (TPSA) is 70.6 Å². The Morgan fingerprint density at radius 1 is 1.19 bits per heavy atom. The Hall–Kier alpha value is -3.09. The molecule has 1 saturated heterocycles. The monoisotopic (exact) mass is 353 g/mol. The number of hydrogen-bond acceptors (Lipinski definition) is 6. The zero-order valence-corrected chi connectivity index (χ0v) is 14.9. The van der Waals surface area contributed by atoms with Gasteiger partial charge in [-0.05, 0) is 12.1 Å². The molecule has 1 amide bonds. The van der Waals surface area contributed by atoms with E-state index in [-0.39, 0.29) is 5.91 Å². The first kappa shape index (κ1) is 17.7. The molecule has 1 aromatic heterocycles. The van der Waals surface area contributed by atoms with Gasteiger partial charge in [-0.25, -0.2) is 9.97 Å². The maximum absolute atomic E-state index is 11.9. The molecular weight excluding hydrogens is 330 g/mol. The van der Waals surface area contributed by atoms with Crippen LogP contribution in [0.4, 0.5) is 11.5 Å². The SMILES string of the molecule is C=CCNC(=O)c1cnc(N2CCN(c3ccccc3OC)CC2)cn1. The first-order chi connectivity index (χ1) is 12.7. The van der Waals surface area contributed by atoms with Gasteiger partial charge < -0.3 is 19.9 Å². The minimum atomic E-state index is -0.245. The third-order valence-electron chi connectivity index (χ3n) is 4.31. The number of amides is 1. The van der Waals surface area contributed by atoms with E-state index in [0.717, 1.165) is 43.4 Å². The van der Waals surface area contributed by atoms with Crippen LogP contribution < -0.4 is 19.9 Å². The van der Waals surface area contributed by atoms with Crippen molar-refractivity contribution in [2.24, 2.45) is 0 Å². The fraction of sp³-hybridized carbons (Fsp3) is 0.316. The summed E-state index contributed by atoms with van der Waals surface area (Å²) >= 11 is 0. The normalized spacial score (nSPS) is 14.0. The molecule has 7 heteroatoms. The molecule has 0 bridgehead atoms. The van der Waals surface area contributed by atoms with E-state index in [1.165, 1.54) is 6.20 Å². The molecule has 1 aromatic carbocycles. The van der Waals surface area contributed by atoms with Crippen molar-refractivity contribution in [1.82, 2.24) is 15.3 Å². The van der Waals surface area contributed by atoms with Crippen LogP contribution in [0, 0.1) is 0 Å². The lowest BCUT2D eigenvalue weighted by Gasteiger charge is -2.37. The van der Waals surface area contributed by atoms with Crippen LogP contribution in [0.2, 0.25) is 0 Å². The van der Waals surface area contributed by atoms with Gasteiger partial charge in [0.25, 0.3) is 5.91 Å². The number of rotatable bonds is 6. The highest BCUT2D eigenvalue weighted by Crippen LogP contribution is 2.28. The molecule has 0 saturated carbocycles. The van der Waals surface area contributed by atoms with Crippen LogP contribution in [0.25, 0.3) is 0 Å². The summed E-state index contributed by atoms with van der Waals surface area (Å²) in [7, 11) is 1.69. The van der Waals surface area contributed by atoms with Gasteiger partial charge in [0.1, 0.15) is 17.3 Å². The van der Waals surface area contributed by atoms with Crippen molar-refractivity contribution in [2.45, 2.75) is 0 Å². The van der Waals surface area contributed by atoms with Gasteiger partial charge in [0.15, 0.2) is 0 Å². The Morgan fingerprint density at radius 2 is 1.92 bits per heavy atom. The van der Waals surface area contributed by atoms with Gasteiger partial charge in [0.2, 0.25) is 0 Å². The number of carbonyl (C=O) groups excluding carboxylic acids is 1. The van der Waals surface area contributed by atoms with E-state index < -0.39 is 0 Å². The first-order valence-corrected chi connectivity index (χ1v) is 8.57. The first-order valence-electron chi connectivity index (χ1n) is 8.57. The van der Waals surface area contributed by atoms with Gasteiger partial charge >= 0.3 is 0 Å². The molecule has 1 fully saturated rings. The van der Waals surface area contributed by atoms with E-state index in [9.17, 15) is 4.79 Å². The third-order valence-corrected chi connectivity index (χ3v) is 4.31. The molecule has 136 valence electrons. The van der Waals surface area contributed by atoms with Crippen molar-refractivity contribution in [3.05, 3.63) is 55.0 Å². The number of hydrogen-bond donors (Lipinski definition) is 1. The zero-order valence-electron chi connectivity index (χ0n) is 14.9. The van der Waals surface area contributed by atoms with E-state index in [1.54, 1.807) is 19.4 Å². The summed E-state index contributed by atoms with van der Waals surface area (Å²) in [6.45, 7) is 7.37. The van der Waals surface area contributed by atoms with Crippen LogP contribution >= 0.6 is 0 Å². The number of piperazine rings is 1. The molecule has 2 aromatic rings. The minimum Gasteiger partial charge on any atom is -0.495 e. The molecule has 0 atom stereocenters. The standard InChI is InChI=1S/C19H23N5O2/c1-3-8-20-19(25)15-13-22-18(14-21-15)24-11-9-23(10-12-24)16-6-4-5-7-17(16)26-2/h3-7,13-14H,1,8-12H2,2H3,(H,20,25). The fourth-order valence-electron chi connectivity index (χ4n) is 2.92. The molecule has 1 N–H and O–H groups in total. The quantitative estimate of drug-likeness (QED) is 0.798. The minimum absolute atomic E-state index is 0.245. The Bertz CT molecular complexity index is 755. The van der Waals surface area contributed by atoms with E-state index in [0.29, 0.717) is 12.2 Å². The van der Waals surface area contributed by atoms with Crippen molar-refractivity contribution >= 4 is 17.4 Å². The zero-order chi connectivity index (χ0) is 18.4. The average molecular weight is 353 g/mol. The number of anilines is 2. The predicted molar refractivity (Wildman–Crippen MR) is 102 cm³/mol. The van der Waals surface area contributed by atoms with Crippen molar-refractivity contribution in [1.29, 1.82) is 0 Å². The number of nitrogens with zero attached hydrogens (tertiary/aromatic N) is 4. The lowest BCUT2D eigenvalue weighted by atomic mass is 10.2. The molecule has 1 aliphatic rings. The molecule has 0 radical (unpaired) electrons. The van der Waals surface area contributed by atoms with Crippen LogP contribution in [-0.4, -0.2) is 55.7 Å². The molecular formula is C19H23N5O2. The number of carbonyl (C=O) groups is 1. The van der Waals surface area contributed by atoms with Crippen LogP contribution in [0.15, 0.2) is 49.3 Å². The second-order valence-electron chi connectivity index (χ2n) is 5.90. The van der Waals surface area contributed by atoms with Gasteiger partial charge in [0.05, 0.1) is 25.2 Å². The summed E-state index contributed by atoms with van der Waals surface area (Å²) in [5, 5.41) is 2.69. The van der Waals surface area contributed by atoms with Crippen molar-refractivity contribution in [2.75, 3.05) is 49.6 Å². The number of para-hydroxylation sites is 2. The van der Waals surface area contributed by atoms with Crippen molar-refractivity contribution in [3.63, 3.8) is 0 Å². The lowest BCUT2D eigenvalue weighted by molar-refractivity contribution is 0.0952. The predicted octanol–water partition coefficient (Wildman–Crippen LogP) is 1.73. The number of ether oxygens (including phenoxy) is 1. The highest BCUT2D eigenvalue weighted by molar-refractivity contribution is 5.92. The van der Waals surface area contributed by atoms with E-state index in [2.05, 4.69) is 37.7 Å². The number of methoxy groups -OCH3 is 1. The molecule has 0 spiro atoms.